The molecule has 0 unspecified atom stereocenters. The standard InChI is InChI=1S/C9H7BrCl2O2/c10-4-7-5(2-9(13)14)1-6(11)3-8(7)12/h1,3H,2,4H2,(H,13,14). The van der Waals surface area contributed by atoms with Gasteiger partial charge in [0.05, 0.1) is 6.42 Å². The summed E-state index contributed by atoms with van der Waals surface area (Å²) in [6, 6.07) is 3.23. The van der Waals surface area contributed by atoms with Gasteiger partial charge in [-0.25, -0.2) is 0 Å². The van der Waals surface area contributed by atoms with Crippen molar-refractivity contribution in [2.45, 2.75) is 11.8 Å². The average Bonchev–Trinajstić information content (AvgIpc) is 2.01. The molecule has 0 aliphatic heterocycles. The first-order valence-electron chi connectivity index (χ1n) is 3.79. The normalized spacial score (nSPS) is 10.2. The third-order valence-electron chi connectivity index (χ3n) is 1.73. The van der Waals surface area contributed by atoms with Crippen molar-refractivity contribution in [3.63, 3.8) is 0 Å². The summed E-state index contributed by atoms with van der Waals surface area (Å²) >= 11 is 14.9. The van der Waals surface area contributed by atoms with Crippen LogP contribution in [0.5, 0.6) is 0 Å². The molecule has 0 saturated heterocycles. The SMILES string of the molecule is O=C(O)Cc1cc(Cl)cc(Cl)c1CBr. The molecule has 14 heavy (non-hydrogen) atoms. The summed E-state index contributed by atoms with van der Waals surface area (Å²) in [6.45, 7) is 0. The Hall–Kier alpha value is -0.250. The molecule has 0 radical (unpaired) electrons. The number of halogens is 3. The average molecular weight is 298 g/mol. The van der Waals surface area contributed by atoms with E-state index in [4.69, 9.17) is 28.3 Å². The van der Waals surface area contributed by atoms with Gasteiger partial charge in [-0.3, -0.25) is 4.79 Å². The molecule has 0 heterocycles. The van der Waals surface area contributed by atoms with Gasteiger partial charge in [-0.1, -0.05) is 39.1 Å². The molecule has 0 bridgehead atoms. The first-order valence-corrected chi connectivity index (χ1v) is 5.67. The predicted molar refractivity (Wildman–Crippen MR) is 60.4 cm³/mol. The second-order valence-corrected chi connectivity index (χ2v) is 4.13. The van der Waals surface area contributed by atoms with Crippen molar-refractivity contribution in [1.82, 2.24) is 0 Å². The lowest BCUT2D eigenvalue weighted by Gasteiger charge is -2.07. The number of benzene rings is 1. The summed E-state index contributed by atoms with van der Waals surface area (Å²) in [5.74, 6) is -0.898. The highest BCUT2D eigenvalue weighted by Gasteiger charge is 2.10. The number of rotatable bonds is 3. The highest BCUT2D eigenvalue weighted by molar-refractivity contribution is 9.08. The van der Waals surface area contributed by atoms with Gasteiger partial charge in [0.2, 0.25) is 0 Å². The van der Waals surface area contributed by atoms with E-state index in [0.717, 1.165) is 5.56 Å². The second-order valence-electron chi connectivity index (χ2n) is 2.73. The van der Waals surface area contributed by atoms with Crippen molar-refractivity contribution in [1.29, 1.82) is 0 Å². The predicted octanol–water partition coefficient (Wildman–Crippen LogP) is 3.52. The van der Waals surface area contributed by atoms with E-state index in [-0.39, 0.29) is 6.42 Å². The van der Waals surface area contributed by atoms with Crippen molar-refractivity contribution in [2.75, 3.05) is 0 Å². The lowest BCUT2D eigenvalue weighted by atomic mass is 10.1. The Labute approximate surface area is 100.0 Å². The van der Waals surface area contributed by atoms with Crippen LogP contribution in [0.25, 0.3) is 0 Å². The zero-order chi connectivity index (χ0) is 10.7. The maximum atomic E-state index is 10.6. The van der Waals surface area contributed by atoms with Gasteiger partial charge in [-0.15, -0.1) is 0 Å². The monoisotopic (exact) mass is 296 g/mol. The van der Waals surface area contributed by atoms with E-state index in [2.05, 4.69) is 15.9 Å². The highest BCUT2D eigenvalue weighted by Crippen LogP contribution is 2.27. The minimum atomic E-state index is -0.898. The smallest absolute Gasteiger partial charge is 0.307 e. The van der Waals surface area contributed by atoms with Crippen LogP contribution in [0.1, 0.15) is 11.1 Å². The summed E-state index contributed by atoms with van der Waals surface area (Å²) in [5.41, 5.74) is 1.42. The van der Waals surface area contributed by atoms with E-state index in [9.17, 15) is 4.79 Å². The van der Waals surface area contributed by atoms with Crippen LogP contribution < -0.4 is 0 Å². The molecule has 1 aromatic carbocycles. The molecule has 0 atom stereocenters. The lowest BCUT2D eigenvalue weighted by Crippen LogP contribution is -2.03. The van der Waals surface area contributed by atoms with Gasteiger partial charge >= 0.3 is 5.97 Å². The maximum Gasteiger partial charge on any atom is 0.307 e. The summed E-state index contributed by atoms with van der Waals surface area (Å²) in [4.78, 5) is 10.6. The lowest BCUT2D eigenvalue weighted by molar-refractivity contribution is -0.136. The molecule has 1 N–H and O–H groups in total. The van der Waals surface area contributed by atoms with Crippen molar-refractivity contribution in [3.8, 4) is 0 Å². The molecule has 1 rings (SSSR count). The van der Waals surface area contributed by atoms with Crippen LogP contribution in [0.2, 0.25) is 10.0 Å². The summed E-state index contributed by atoms with van der Waals surface area (Å²) in [6.07, 6.45) is -0.0682. The Morgan fingerprint density at radius 2 is 2.07 bits per heavy atom. The van der Waals surface area contributed by atoms with Crippen LogP contribution >= 0.6 is 39.1 Å². The summed E-state index contributed by atoms with van der Waals surface area (Å²) in [5, 5.41) is 10.1. The molecule has 0 saturated carbocycles. The molecule has 0 aliphatic carbocycles. The van der Waals surface area contributed by atoms with E-state index in [0.29, 0.717) is 20.9 Å². The maximum absolute atomic E-state index is 10.6. The summed E-state index contributed by atoms with van der Waals surface area (Å²) in [7, 11) is 0. The number of aliphatic carboxylic acids is 1. The fourth-order valence-electron chi connectivity index (χ4n) is 1.13. The van der Waals surface area contributed by atoms with Crippen LogP contribution in [0, 0.1) is 0 Å². The van der Waals surface area contributed by atoms with Gasteiger partial charge in [-0.05, 0) is 23.3 Å². The highest BCUT2D eigenvalue weighted by atomic mass is 79.9. The second kappa shape index (κ2) is 5.01. The molecule has 0 spiro atoms. The van der Waals surface area contributed by atoms with Crippen LogP contribution in [-0.4, -0.2) is 11.1 Å². The minimum Gasteiger partial charge on any atom is -0.481 e. The summed E-state index contributed by atoms with van der Waals surface area (Å²) < 4.78 is 0. The topological polar surface area (TPSA) is 37.3 Å². The molecule has 0 fully saturated rings. The molecule has 76 valence electrons. The van der Waals surface area contributed by atoms with Gasteiger partial charge < -0.3 is 5.11 Å². The van der Waals surface area contributed by atoms with Crippen molar-refractivity contribution >= 4 is 45.1 Å². The van der Waals surface area contributed by atoms with Gasteiger partial charge in [0, 0.05) is 15.4 Å². The van der Waals surface area contributed by atoms with Gasteiger partial charge in [0.25, 0.3) is 0 Å². The van der Waals surface area contributed by atoms with Crippen LogP contribution in [0.3, 0.4) is 0 Å². The third kappa shape index (κ3) is 2.87. The number of hydrogen-bond acceptors (Lipinski definition) is 1. The molecule has 2 nitrogen and oxygen atoms in total. The number of carboxylic acid groups (broad SMARTS) is 1. The van der Waals surface area contributed by atoms with Crippen LogP contribution in [0.4, 0.5) is 0 Å². The minimum absolute atomic E-state index is 0.0682. The Balaban J connectivity index is 3.17. The van der Waals surface area contributed by atoms with Crippen molar-refractivity contribution in [3.05, 3.63) is 33.3 Å². The quantitative estimate of drug-likeness (QED) is 0.867. The Kier molecular flexibility index (Phi) is 4.23. The Morgan fingerprint density at radius 1 is 1.43 bits per heavy atom. The number of hydrogen-bond donors (Lipinski definition) is 1. The molecular weight excluding hydrogens is 291 g/mol. The van der Waals surface area contributed by atoms with E-state index >= 15 is 0 Å². The van der Waals surface area contributed by atoms with E-state index in [1.807, 2.05) is 0 Å². The first kappa shape index (κ1) is 11.8. The third-order valence-corrected chi connectivity index (χ3v) is 2.84. The van der Waals surface area contributed by atoms with E-state index < -0.39 is 5.97 Å². The number of carboxylic acids is 1. The zero-order valence-corrected chi connectivity index (χ0v) is 10.2. The molecule has 5 heteroatoms. The Morgan fingerprint density at radius 3 is 2.57 bits per heavy atom. The fourth-order valence-corrected chi connectivity index (χ4v) is 2.55. The first-order chi connectivity index (χ1) is 6.54. The van der Waals surface area contributed by atoms with E-state index in [1.54, 1.807) is 12.1 Å². The van der Waals surface area contributed by atoms with Gasteiger partial charge in [0.15, 0.2) is 0 Å². The van der Waals surface area contributed by atoms with Gasteiger partial charge in [0.1, 0.15) is 0 Å². The van der Waals surface area contributed by atoms with Crippen molar-refractivity contribution < 1.29 is 9.90 Å². The van der Waals surface area contributed by atoms with E-state index in [1.165, 1.54) is 0 Å². The fraction of sp³-hybridized carbons (Fsp3) is 0.222. The van der Waals surface area contributed by atoms with Crippen LogP contribution in [-0.2, 0) is 16.5 Å². The van der Waals surface area contributed by atoms with Gasteiger partial charge in [-0.2, -0.15) is 0 Å². The molecule has 1 aromatic rings. The molecule has 0 amide bonds. The molecule has 0 aliphatic rings. The zero-order valence-electron chi connectivity index (χ0n) is 7.06. The largest absolute Gasteiger partial charge is 0.481 e. The number of alkyl halides is 1. The van der Waals surface area contributed by atoms with Crippen LogP contribution in [0.15, 0.2) is 12.1 Å². The molecule has 0 aromatic heterocycles. The number of carbonyl (C=O) groups is 1. The molecular formula is C9H7BrCl2O2. The van der Waals surface area contributed by atoms with Crippen molar-refractivity contribution in [2.24, 2.45) is 0 Å². The Bertz CT molecular complexity index is 366.